The summed E-state index contributed by atoms with van der Waals surface area (Å²) in [5.41, 5.74) is 5.55. The first-order valence-electron chi connectivity index (χ1n) is 9.51. The Labute approximate surface area is 149 Å². The molecule has 1 aliphatic heterocycles. The number of hydrogen-bond acceptors (Lipinski definition) is 2. The van der Waals surface area contributed by atoms with Crippen molar-refractivity contribution in [2.24, 2.45) is 0 Å². The molecule has 1 fully saturated rings. The number of ether oxygens (including phenoxy) is 1. The van der Waals surface area contributed by atoms with Crippen LogP contribution in [0.5, 0.6) is 5.75 Å². The molecule has 0 atom stereocenters. The van der Waals surface area contributed by atoms with Crippen molar-refractivity contribution in [2.45, 2.75) is 57.7 Å². The van der Waals surface area contributed by atoms with E-state index >= 15 is 0 Å². The van der Waals surface area contributed by atoms with E-state index in [0.29, 0.717) is 12.5 Å². The predicted molar refractivity (Wildman–Crippen MR) is 100 cm³/mol. The number of hydrogen-bond donors (Lipinski definition) is 1. The summed E-state index contributed by atoms with van der Waals surface area (Å²) in [6, 6.07) is 12.5. The van der Waals surface area contributed by atoms with Gasteiger partial charge in [0, 0.05) is 12.2 Å². The maximum atomic E-state index is 13.6. The summed E-state index contributed by atoms with van der Waals surface area (Å²) >= 11 is 0. The Bertz CT molecular complexity index is 737. The van der Waals surface area contributed by atoms with E-state index in [1.807, 2.05) is 6.07 Å². The molecule has 2 nitrogen and oxygen atoms in total. The molecule has 2 aromatic carbocycles. The highest BCUT2D eigenvalue weighted by molar-refractivity contribution is 5.57. The summed E-state index contributed by atoms with van der Waals surface area (Å²) in [6.07, 6.45) is 7.46. The van der Waals surface area contributed by atoms with Crippen LogP contribution < -0.4 is 10.1 Å². The Kier molecular flexibility index (Phi) is 4.91. The summed E-state index contributed by atoms with van der Waals surface area (Å²) in [6.45, 7) is 0.997. The van der Waals surface area contributed by atoms with Crippen LogP contribution in [0, 0.1) is 0 Å². The molecule has 1 saturated carbocycles. The zero-order valence-corrected chi connectivity index (χ0v) is 14.7. The molecule has 0 aromatic heterocycles. The lowest BCUT2D eigenvalue weighted by Gasteiger charge is -2.23. The third kappa shape index (κ3) is 3.65. The Balaban J connectivity index is 1.46. The summed E-state index contributed by atoms with van der Waals surface area (Å²) in [5, 5.41) is 3.35. The highest BCUT2D eigenvalue weighted by Crippen LogP contribution is 2.34. The first-order valence-corrected chi connectivity index (χ1v) is 9.51. The lowest BCUT2D eigenvalue weighted by Crippen LogP contribution is -2.06. The van der Waals surface area contributed by atoms with Crippen molar-refractivity contribution in [3.63, 3.8) is 0 Å². The molecule has 0 unspecified atom stereocenters. The van der Waals surface area contributed by atoms with E-state index < -0.39 is 6.67 Å². The van der Waals surface area contributed by atoms with Crippen LogP contribution >= 0.6 is 0 Å². The molecule has 132 valence electrons. The summed E-state index contributed by atoms with van der Waals surface area (Å²) in [5.74, 6) is 1.47. The molecule has 1 N–H and O–H groups in total. The zero-order valence-electron chi connectivity index (χ0n) is 14.7. The van der Waals surface area contributed by atoms with Crippen LogP contribution in [0.15, 0.2) is 36.4 Å². The molecule has 0 amide bonds. The van der Waals surface area contributed by atoms with Crippen molar-refractivity contribution >= 4 is 5.69 Å². The minimum absolute atomic E-state index is 0.423. The Morgan fingerprint density at radius 3 is 2.72 bits per heavy atom. The summed E-state index contributed by atoms with van der Waals surface area (Å²) in [4.78, 5) is 0. The van der Waals surface area contributed by atoms with Gasteiger partial charge >= 0.3 is 0 Å². The minimum Gasteiger partial charge on any atom is -0.489 e. The van der Waals surface area contributed by atoms with Gasteiger partial charge in [-0.2, -0.15) is 0 Å². The normalized spacial score (nSPS) is 17.2. The average Bonchev–Trinajstić information content (AvgIpc) is 3.14. The van der Waals surface area contributed by atoms with E-state index in [1.54, 1.807) is 0 Å². The topological polar surface area (TPSA) is 21.3 Å². The van der Waals surface area contributed by atoms with Gasteiger partial charge in [0.15, 0.2) is 0 Å². The molecule has 0 saturated heterocycles. The second-order valence-electron chi connectivity index (χ2n) is 7.28. The van der Waals surface area contributed by atoms with Gasteiger partial charge in [0.1, 0.15) is 19.0 Å². The van der Waals surface area contributed by atoms with Crippen LogP contribution in [0.3, 0.4) is 0 Å². The SMILES string of the molecule is FCc1cc(C2CCCCC2)ccc1COc1ccc2c(c1)CCN2. The second-order valence-corrected chi connectivity index (χ2v) is 7.28. The monoisotopic (exact) mass is 339 g/mol. The summed E-state index contributed by atoms with van der Waals surface area (Å²) in [7, 11) is 0. The van der Waals surface area contributed by atoms with Crippen LogP contribution in [0.2, 0.25) is 0 Å². The van der Waals surface area contributed by atoms with Crippen molar-refractivity contribution in [3.05, 3.63) is 58.7 Å². The molecular weight excluding hydrogens is 313 g/mol. The first-order chi connectivity index (χ1) is 12.3. The third-order valence-corrected chi connectivity index (χ3v) is 5.63. The van der Waals surface area contributed by atoms with E-state index in [0.717, 1.165) is 29.8 Å². The Hall–Kier alpha value is -2.03. The van der Waals surface area contributed by atoms with Crippen molar-refractivity contribution in [1.29, 1.82) is 0 Å². The molecule has 0 bridgehead atoms. The van der Waals surface area contributed by atoms with Gasteiger partial charge in [-0.1, -0.05) is 37.5 Å². The lowest BCUT2D eigenvalue weighted by atomic mass is 9.83. The lowest BCUT2D eigenvalue weighted by molar-refractivity contribution is 0.302. The first kappa shape index (κ1) is 16.4. The number of benzene rings is 2. The Morgan fingerprint density at radius 1 is 1.00 bits per heavy atom. The molecule has 25 heavy (non-hydrogen) atoms. The van der Waals surface area contributed by atoms with Gasteiger partial charge in [0.25, 0.3) is 0 Å². The number of anilines is 1. The van der Waals surface area contributed by atoms with Crippen LogP contribution in [-0.4, -0.2) is 6.54 Å². The quantitative estimate of drug-likeness (QED) is 0.749. The fourth-order valence-corrected chi connectivity index (χ4v) is 4.13. The third-order valence-electron chi connectivity index (χ3n) is 5.63. The van der Waals surface area contributed by atoms with Gasteiger partial charge in [-0.25, -0.2) is 4.39 Å². The largest absolute Gasteiger partial charge is 0.489 e. The van der Waals surface area contributed by atoms with Gasteiger partial charge in [-0.3, -0.25) is 0 Å². The standard InChI is InChI=1S/C22H26FNO/c23-14-20-12-17(16-4-2-1-3-5-16)6-7-19(20)15-25-21-8-9-22-18(13-21)10-11-24-22/h6-9,12-13,16,24H,1-5,10-11,14-15H2. The maximum absolute atomic E-state index is 13.6. The molecule has 3 heteroatoms. The maximum Gasteiger partial charge on any atom is 0.120 e. The fraction of sp³-hybridized carbons (Fsp3) is 0.455. The van der Waals surface area contributed by atoms with E-state index in [-0.39, 0.29) is 0 Å². The van der Waals surface area contributed by atoms with Crippen LogP contribution in [0.1, 0.15) is 60.3 Å². The van der Waals surface area contributed by atoms with Crippen LogP contribution in [-0.2, 0) is 19.7 Å². The van der Waals surface area contributed by atoms with E-state index in [1.165, 1.54) is 48.9 Å². The number of fused-ring (bicyclic) bond motifs is 1. The van der Waals surface area contributed by atoms with Crippen LogP contribution in [0.25, 0.3) is 0 Å². The molecule has 4 rings (SSSR count). The van der Waals surface area contributed by atoms with Gasteiger partial charge < -0.3 is 10.1 Å². The van der Waals surface area contributed by atoms with Crippen molar-refractivity contribution in [2.75, 3.05) is 11.9 Å². The van der Waals surface area contributed by atoms with Gasteiger partial charge in [0.2, 0.25) is 0 Å². The van der Waals surface area contributed by atoms with E-state index in [2.05, 4.69) is 35.6 Å². The van der Waals surface area contributed by atoms with Crippen molar-refractivity contribution in [3.8, 4) is 5.75 Å². The molecule has 2 aliphatic rings. The van der Waals surface area contributed by atoms with Crippen molar-refractivity contribution in [1.82, 2.24) is 0 Å². The number of nitrogens with one attached hydrogen (secondary N) is 1. The van der Waals surface area contributed by atoms with Crippen LogP contribution in [0.4, 0.5) is 10.1 Å². The molecule has 1 heterocycles. The number of rotatable bonds is 5. The predicted octanol–water partition coefficient (Wildman–Crippen LogP) is 5.75. The van der Waals surface area contributed by atoms with Gasteiger partial charge in [-0.15, -0.1) is 0 Å². The average molecular weight is 339 g/mol. The molecule has 0 spiro atoms. The highest BCUT2D eigenvalue weighted by atomic mass is 19.1. The molecule has 0 radical (unpaired) electrons. The van der Waals surface area contributed by atoms with Crippen molar-refractivity contribution < 1.29 is 9.13 Å². The number of alkyl halides is 1. The van der Waals surface area contributed by atoms with Gasteiger partial charge in [0.05, 0.1) is 0 Å². The summed E-state index contributed by atoms with van der Waals surface area (Å²) < 4.78 is 19.5. The zero-order chi connectivity index (χ0) is 17.1. The second kappa shape index (κ2) is 7.47. The Morgan fingerprint density at radius 2 is 1.88 bits per heavy atom. The smallest absolute Gasteiger partial charge is 0.120 e. The number of halogens is 1. The molecule has 2 aromatic rings. The molecule has 1 aliphatic carbocycles. The highest BCUT2D eigenvalue weighted by Gasteiger charge is 2.17. The van der Waals surface area contributed by atoms with E-state index in [9.17, 15) is 4.39 Å². The van der Waals surface area contributed by atoms with Gasteiger partial charge in [-0.05, 0) is 65.6 Å². The molecular formula is C22H26FNO. The van der Waals surface area contributed by atoms with E-state index in [4.69, 9.17) is 4.74 Å². The fourth-order valence-electron chi connectivity index (χ4n) is 4.13. The minimum atomic E-state index is -0.423.